The molecular formula is C15H22N2O2S. The summed E-state index contributed by atoms with van der Waals surface area (Å²) in [4.78, 5) is 13.5. The van der Waals surface area contributed by atoms with Gasteiger partial charge >= 0.3 is 5.97 Å². The first-order chi connectivity index (χ1) is 9.31. The second-order valence-corrected chi connectivity index (χ2v) is 7.74. The van der Waals surface area contributed by atoms with Crippen molar-refractivity contribution in [3.63, 3.8) is 0 Å². The highest BCUT2D eigenvalue weighted by molar-refractivity contribution is 8.01. The van der Waals surface area contributed by atoms with Crippen molar-refractivity contribution in [3.05, 3.63) is 35.4 Å². The van der Waals surface area contributed by atoms with Crippen molar-refractivity contribution in [2.45, 2.75) is 36.6 Å². The molecule has 1 saturated heterocycles. The summed E-state index contributed by atoms with van der Waals surface area (Å²) in [5.74, 6) is -0.782. The van der Waals surface area contributed by atoms with E-state index in [0.29, 0.717) is 0 Å². The van der Waals surface area contributed by atoms with Gasteiger partial charge in [-0.15, -0.1) is 11.8 Å². The lowest BCUT2D eigenvalue weighted by Gasteiger charge is -2.21. The monoisotopic (exact) mass is 294 g/mol. The van der Waals surface area contributed by atoms with E-state index in [-0.39, 0.29) is 10.1 Å². The quantitative estimate of drug-likeness (QED) is 0.892. The van der Waals surface area contributed by atoms with Crippen molar-refractivity contribution in [3.8, 4) is 0 Å². The number of aliphatic carboxylic acids is 1. The molecule has 0 aromatic heterocycles. The van der Waals surface area contributed by atoms with Crippen LogP contribution in [0.2, 0.25) is 0 Å². The Morgan fingerprint density at radius 1 is 1.40 bits per heavy atom. The summed E-state index contributed by atoms with van der Waals surface area (Å²) in [5, 5.41) is 12.6. The molecular weight excluding hydrogens is 272 g/mol. The second kappa shape index (κ2) is 5.76. The fourth-order valence-electron chi connectivity index (χ4n) is 2.55. The van der Waals surface area contributed by atoms with Crippen LogP contribution in [0.1, 0.15) is 30.3 Å². The molecule has 0 bridgehead atoms. The van der Waals surface area contributed by atoms with Gasteiger partial charge in [-0.1, -0.05) is 24.3 Å². The molecule has 1 aromatic rings. The number of carboxylic acids is 1. The summed E-state index contributed by atoms with van der Waals surface area (Å²) >= 11 is 1.69. The molecule has 4 nitrogen and oxygen atoms in total. The van der Waals surface area contributed by atoms with Crippen LogP contribution < -0.4 is 5.32 Å². The molecule has 0 saturated carbocycles. The zero-order valence-electron chi connectivity index (χ0n) is 12.4. The summed E-state index contributed by atoms with van der Waals surface area (Å²) in [6, 6.07) is 7.71. The van der Waals surface area contributed by atoms with Crippen molar-refractivity contribution in [1.29, 1.82) is 0 Å². The van der Waals surface area contributed by atoms with Crippen molar-refractivity contribution < 1.29 is 9.90 Å². The molecule has 1 aromatic carbocycles. The van der Waals surface area contributed by atoms with E-state index in [1.54, 1.807) is 11.8 Å². The Kier molecular flexibility index (Phi) is 4.42. The van der Waals surface area contributed by atoms with Gasteiger partial charge in [-0.25, -0.2) is 0 Å². The first kappa shape index (κ1) is 15.4. The van der Waals surface area contributed by atoms with Crippen molar-refractivity contribution in [2.24, 2.45) is 0 Å². The molecule has 110 valence electrons. The predicted octanol–water partition coefficient (Wildman–Crippen LogP) is 2.32. The van der Waals surface area contributed by atoms with E-state index in [2.05, 4.69) is 22.3 Å². The third kappa shape index (κ3) is 3.16. The van der Waals surface area contributed by atoms with E-state index < -0.39 is 12.0 Å². The minimum Gasteiger partial charge on any atom is -0.480 e. The van der Waals surface area contributed by atoms with Crippen molar-refractivity contribution >= 4 is 17.7 Å². The van der Waals surface area contributed by atoms with Crippen LogP contribution in [0.15, 0.2) is 24.3 Å². The van der Waals surface area contributed by atoms with Gasteiger partial charge in [0.15, 0.2) is 0 Å². The average Bonchev–Trinajstić information content (AvgIpc) is 2.65. The van der Waals surface area contributed by atoms with Gasteiger partial charge in [0.25, 0.3) is 0 Å². The topological polar surface area (TPSA) is 52.6 Å². The molecule has 2 unspecified atom stereocenters. The predicted molar refractivity (Wildman–Crippen MR) is 82.8 cm³/mol. The van der Waals surface area contributed by atoms with Gasteiger partial charge in [0.05, 0.1) is 5.37 Å². The Balaban J connectivity index is 2.28. The van der Waals surface area contributed by atoms with Crippen LogP contribution in [0.25, 0.3) is 0 Å². The summed E-state index contributed by atoms with van der Waals surface area (Å²) < 4.78 is -0.318. The first-order valence-electron chi connectivity index (χ1n) is 6.70. The van der Waals surface area contributed by atoms with Crippen LogP contribution in [0.4, 0.5) is 0 Å². The Labute approximate surface area is 124 Å². The maximum absolute atomic E-state index is 11.4. The number of rotatable bonds is 4. The van der Waals surface area contributed by atoms with Gasteiger partial charge in [0, 0.05) is 11.3 Å². The number of thioether (sulfide) groups is 1. The molecule has 1 aliphatic heterocycles. The molecule has 0 spiro atoms. The largest absolute Gasteiger partial charge is 0.480 e. The van der Waals surface area contributed by atoms with E-state index in [1.165, 1.54) is 11.1 Å². The Morgan fingerprint density at radius 2 is 2.05 bits per heavy atom. The molecule has 5 heteroatoms. The smallest absolute Gasteiger partial charge is 0.322 e. The fraction of sp³-hybridized carbons (Fsp3) is 0.533. The molecule has 2 atom stereocenters. The number of nitrogens with zero attached hydrogens (tertiary/aromatic N) is 1. The van der Waals surface area contributed by atoms with E-state index in [1.807, 2.05) is 40.1 Å². The number of carbonyl (C=O) groups is 1. The minimum atomic E-state index is -0.782. The van der Waals surface area contributed by atoms with Crippen LogP contribution in [0, 0.1) is 0 Å². The van der Waals surface area contributed by atoms with Crippen molar-refractivity contribution in [1.82, 2.24) is 10.2 Å². The average molecular weight is 294 g/mol. The number of hydrogen-bond donors (Lipinski definition) is 2. The van der Waals surface area contributed by atoms with E-state index in [4.69, 9.17) is 0 Å². The molecule has 1 fully saturated rings. The van der Waals surface area contributed by atoms with E-state index in [9.17, 15) is 9.90 Å². The Hall–Kier alpha value is -1.04. The number of nitrogens with one attached hydrogen (secondary N) is 1. The fourth-order valence-corrected chi connectivity index (χ4v) is 4.03. The lowest BCUT2D eigenvalue weighted by molar-refractivity contribution is -0.139. The van der Waals surface area contributed by atoms with Gasteiger partial charge in [0.2, 0.25) is 0 Å². The molecule has 2 rings (SSSR count). The highest BCUT2D eigenvalue weighted by Crippen LogP contribution is 2.46. The summed E-state index contributed by atoms with van der Waals surface area (Å²) in [6.07, 6.45) is 0. The molecule has 2 N–H and O–H groups in total. The number of hydrogen-bond acceptors (Lipinski definition) is 4. The van der Waals surface area contributed by atoms with Gasteiger partial charge in [0.1, 0.15) is 6.04 Å². The van der Waals surface area contributed by atoms with Crippen LogP contribution in [-0.4, -0.2) is 40.9 Å². The van der Waals surface area contributed by atoms with Crippen LogP contribution in [0.5, 0.6) is 0 Å². The highest BCUT2D eigenvalue weighted by atomic mass is 32.2. The molecule has 0 radical (unpaired) electrons. The molecule has 0 amide bonds. The molecule has 20 heavy (non-hydrogen) atoms. The Bertz CT molecular complexity index is 502. The normalized spacial score (nSPS) is 25.1. The zero-order valence-corrected chi connectivity index (χ0v) is 13.2. The summed E-state index contributed by atoms with van der Waals surface area (Å²) in [5.41, 5.74) is 2.42. The number of benzene rings is 1. The second-order valence-electron chi connectivity index (χ2n) is 5.98. The van der Waals surface area contributed by atoms with E-state index >= 15 is 0 Å². The van der Waals surface area contributed by atoms with E-state index in [0.717, 1.165) is 6.54 Å². The lowest BCUT2D eigenvalue weighted by atomic mass is 10.0. The van der Waals surface area contributed by atoms with Gasteiger partial charge in [-0.3, -0.25) is 10.1 Å². The standard InChI is InChI=1S/C15H22N2O2S/c1-15(2)12(14(18)19)16-13(20-15)11-8-6-5-7-10(11)9-17(3)4/h5-8,12-13,16H,9H2,1-4H3,(H,18,19). The van der Waals surface area contributed by atoms with Crippen molar-refractivity contribution in [2.75, 3.05) is 14.1 Å². The summed E-state index contributed by atoms with van der Waals surface area (Å²) in [7, 11) is 4.08. The van der Waals surface area contributed by atoms with Crippen LogP contribution in [0.3, 0.4) is 0 Å². The molecule has 0 aliphatic carbocycles. The third-order valence-electron chi connectivity index (χ3n) is 3.51. The van der Waals surface area contributed by atoms with Crippen LogP contribution in [-0.2, 0) is 11.3 Å². The Morgan fingerprint density at radius 3 is 2.60 bits per heavy atom. The minimum absolute atomic E-state index is 0.0299. The van der Waals surface area contributed by atoms with Gasteiger partial charge in [-0.2, -0.15) is 0 Å². The molecule has 1 aliphatic rings. The zero-order chi connectivity index (χ0) is 14.9. The van der Waals surface area contributed by atoms with Gasteiger partial charge in [-0.05, 0) is 39.1 Å². The van der Waals surface area contributed by atoms with Crippen LogP contribution >= 0.6 is 11.8 Å². The molecule has 1 heterocycles. The van der Waals surface area contributed by atoms with Gasteiger partial charge < -0.3 is 10.0 Å². The SMILES string of the molecule is CN(C)Cc1ccccc1C1NC(C(=O)O)C(C)(C)S1. The lowest BCUT2D eigenvalue weighted by Crippen LogP contribution is -2.43. The third-order valence-corrected chi connectivity index (χ3v) is 4.97. The summed E-state index contributed by atoms with van der Waals surface area (Å²) in [6.45, 7) is 4.82. The first-order valence-corrected chi connectivity index (χ1v) is 7.58. The number of carboxylic acid groups (broad SMARTS) is 1. The maximum Gasteiger partial charge on any atom is 0.322 e. The highest BCUT2D eigenvalue weighted by Gasteiger charge is 2.45. The maximum atomic E-state index is 11.4.